The Morgan fingerprint density at radius 1 is 1.13 bits per heavy atom. The van der Waals surface area contributed by atoms with Gasteiger partial charge in [0, 0.05) is 30.6 Å². The summed E-state index contributed by atoms with van der Waals surface area (Å²) in [6.07, 6.45) is -3.88. The number of hydrogen-bond acceptors (Lipinski definition) is 6. The molecule has 5 rings (SSSR count). The number of carbonyl (C=O) groups excluding carboxylic acids is 2. The number of aliphatic hydroxyl groups excluding tert-OH is 1. The third-order valence-electron chi connectivity index (χ3n) is 6.98. The summed E-state index contributed by atoms with van der Waals surface area (Å²) in [7, 11) is 0. The van der Waals surface area contributed by atoms with Crippen LogP contribution in [0.25, 0.3) is 10.9 Å². The molecule has 1 amide bonds. The van der Waals surface area contributed by atoms with Gasteiger partial charge in [0.2, 0.25) is 5.91 Å². The summed E-state index contributed by atoms with van der Waals surface area (Å²) in [5.74, 6) is -1.07. The fraction of sp³-hybridized carbons (Fsp3) is 0.429. The van der Waals surface area contributed by atoms with E-state index in [2.05, 4.69) is 14.8 Å². The molecule has 1 atom stereocenters. The normalized spacial score (nSPS) is 17.8. The summed E-state index contributed by atoms with van der Waals surface area (Å²) in [4.78, 5) is 25.4. The topological polar surface area (TPSA) is 99.0 Å². The number of anilines is 1. The van der Waals surface area contributed by atoms with Gasteiger partial charge in [-0.05, 0) is 61.7 Å². The Morgan fingerprint density at radius 2 is 1.84 bits per heavy atom. The monoisotopic (exact) mass is 532 g/mol. The molecule has 38 heavy (non-hydrogen) atoms. The predicted octanol–water partition coefficient (Wildman–Crippen LogP) is 5.35. The van der Waals surface area contributed by atoms with Crippen molar-refractivity contribution in [2.75, 3.05) is 11.9 Å². The highest BCUT2D eigenvalue weighted by Crippen LogP contribution is 2.52. The molecule has 2 heterocycles. The minimum atomic E-state index is -3.72. The van der Waals surface area contributed by atoms with Gasteiger partial charge in [0.25, 0.3) is 0 Å². The van der Waals surface area contributed by atoms with Crippen molar-refractivity contribution < 1.29 is 40.5 Å². The Labute approximate surface area is 221 Å². The van der Waals surface area contributed by atoms with Crippen LogP contribution in [-0.4, -0.2) is 40.6 Å². The number of ether oxygens (including phenoxy) is 3. The Balaban J connectivity index is 0.00000220. The molecule has 1 saturated carbocycles. The lowest BCUT2D eigenvalue weighted by Crippen LogP contribution is -2.30. The summed E-state index contributed by atoms with van der Waals surface area (Å²) in [6.45, 7) is 8.01. The average Bonchev–Trinajstić information content (AvgIpc) is 3.47. The minimum Gasteiger partial charge on any atom is -0.464 e. The van der Waals surface area contributed by atoms with Crippen molar-refractivity contribution in [1.29, 1.82) is 0 Å². The second-order valence-corrected chi connectivity index (χ2v) is 10.8. The van der Waals surface area contributed by atoms with Crippen molar-refractivity contribution in [2.24, 2.45) is 0 Å². The highest BCUT2D eigenvalue weighted by atomic mass is 19.3. The summed E-state index contributed by atoms with van der Waals surface area (Å²) in [5, 5.41) is 14.2. The first kappa shape index (κ1) is 26.0. The SMILES string of the molecule is CCOC(=O)[C@H](O)Cn1c(C(C)(C)C)cc2cc(NC(=O)C3(c4ccc5c(c4)OC(F)(F)O5)CC3)ccc21.[HH].[HH]. The number of nitrogens with one attached hydrogen (secondary N) is 1. The van der Waals surface area contributed by atoms with E-state index >= 15 is 0 Å². The van der Waals surface area contributed by atoms with Crippen LogP contribution in [0.3, 0.4) is 0 Å². The zero-order valence-electron chi connectivity index (χ0n) is 21.6. The van der Waals surface area contributed by atoms with E-state index in [4.69, 9.17) is 4.74 Å². The van der Waals surface area contributed by atoms with Crippen LogP contribution in [0, 0.1) is 0 Å². The summed E-state index contributed by atoms with van der Waals surface area (Å²) in [5.41, 5.74) is 1.75. The van der Waals surface area contributed by atoms with Gasteiger partial charge >= 0.3 is 12.3 Å². The molecule has 2 aliphatic rings. The Bertz CT molecular complexity index is 1430. The van der Waals surface area contributed by atoms with Crippen LogP contribution < -0.4 is 14.8 Å². The first-order valence-electron chi connectivity index (χ1n) is 12.5. The molecule has 0 saturated heterocycles. The maximum Gasteiger partial charge on any atom is 0.586 e. The number of aliphatic hydroxyl groups is 1. The molecule has 8 nitrogen and oxygen atoms in total. The first-order chi connectivity index (χ1) is 17.8. The lowest BCUT2D eigenvalue weighted by Gasteiger charge is -2.23. The molecular formula is C28H34F2N2O6. The summed E-state index contributed by atoms with van der Waals surface area (Å²) >= 11 is 0. The van der Waals surface area contributed by atoms with Gasteiger partial charge in [0.05, 0.1) is 18.6 Å². The summed E-state index contributed by atoms with van der Waals surface area (Å²) < 4.78 is 42.8. The molecule has 206 valence electrons. The second-order valence-electron chi connectivity index (χ2n) is 10.8. The van der Waals surface area contributed by atoms with Crippen LogP contribution in [0.2, 0.25) is 0 Å². The van der Waals surface area contributed by atoms with Crippen LogP contribution in [-0.2, 0) is 31.7 Å². The molecular weight excluding hydrogens is 498 g/mol. The van der Waals surface area contributed by atoms with E-state index in [1.807, 2.05) is 43.5 Å². The number of benzene rings is 2. The Morgan fingerprint density at radius 3 is 2.50 bits per heavy atom. The van der Waals surface area contributed by atoms with Gasteiger partial charge in [0.1, 0.15) is 0 Å². The van der Waals surface area contributed by atoms with Gasteiger partial charge in [-0.3, -0.25) is 4.79 Å². The molecule has 2 N–H and O–H groups in total. The molecule has 0 radical (unpaired) electrons. The second kappa shape index (κ2) is 8.97. The molecule has 1 aliphatic heterocycles. The van der Waals surface area contributed by atoms with Crippen molar-refractivity contribution in [2.45, 2.75) is 70.3 Å². The highest BCUT2D eigenvalue weighted by Gasteiger charge is 2.52. The molecule has 2 aromatic carbocycles. The number of esters is 1. The van der Waals surface area contributed by atoms with Gasteiger partial charge < -0.3 is 29.2 Å². The third-order valence-corrected chi connectivity index (χ3v) is 6.98. The van der Waals surface area contributed by atoms with Gasteiger partial charge in [-0.15, -0.1) is 8.78 Å². The van der Waals surface area contributed by atoms with E-state index in [0.717, 1.165) is 16.6 Å². The third kappa shape index (κ3) is 4.69. The number of alkyl halides is 2. The van der Waals surface area contributed by atoms with Gasteiger partial charge in [-0.2, -0.15) is 0 Å². The number of nitrogens with zero attached hydrogens (tertiary/aromatic N) is 1. The van der Waals surface area contributed by atoms with Crippen molar-refractivity contribution in [3.63, 3.8) is 0 Å². The fourth-order valence-electron chi connectivity index (χ4n) is 4.92. The van der Waals surface area contributed by atoms with Crippen LogP contribution in [0.1, 0.15) is 54.6 Å². The predicted molar refractivity (Wildman–Crippen MR) is 140 cm³/mol. The highest BCUT2D eigenvalue weighted by molar-refractivity contribution is 6.02. The maximum absolute atomic E-state index is 13.4. The molecule has 1 fully saturated rings. The molecule has 10 heteroatoms. The number of amides is 1. The number of rotatable bonds is 7. The van der Waals surface area contributed by atoms with Gasteiger partial charge in [-0.25, -0.2) is 4.79 Å². The Kier molecular flexibility index (Phi) is 6.13. The smallest absolute Gasteiger partial charge is 0.464 e. The number of fused-ring (bicyclic) bond motifs is 2. The Hall–Kier alpha value is -3.66. The largest absolute Gasteiger partial charge is 0.586 e. The first-order valence-corrected chi connectivity index (χ1v) is 12.5. The number of aromatic nitrogens is 1. The van der Waals surface area contributed by atoms with Crippen LogP contribution in [0.4, 0.5) is 14.5 Å². The van der Waals surface area contributed by atoms with E-state index in [1.165, 1.54) is 12.1 Å². The zero-order chi connectivity index (χ0) is 27.5. The van der Waals surface area contributed by atoms with Gasteiger partial charge in [0.15, 0.2) is 17.6 Å². The fourth-order valence-corrected chi connectivity index (χ4v) is 4.92. The minimum absolute atomic E-state index is 0. The molecule has 0 spiro atoms. The molecule has 3 aromatic rings. The van der Waals surface area contributed by atoms with Crippen molar-refractivity contribution in [3.8, 4) is 11.5 Å². The maximum atomic E-state index is 13.4. The lowest BCUT2D eigenvalue weighted by atomic mass is 9.92. The van der Waals surface area contributed by atoms with E-state index < -0.39 is 23.8 Å². The molecule has 0 bridgehead atoms. The van der Waals surface area contributed by atoms with Crippen molar-refractivity contribution in [3.05, 3.63) is 53.7 Å². The van der Waals surface area contributed by atoms with E-state index in [-0.39, 0.29) is 38.8 Å². The summed E-state index contributed by atoms with van der Waals surface area (Å²) in [6, 6.07) is 11.9. The number of carbonyl (C=O) groups is 2. The average molecular weight is 533 g/mol. The van der Waals surface area contributed by atoms with Crippen molar-refractivity contribution in [1.82, 2.24) is 4.57 Å². The van der Waals surface area contributed by atoms with Gasteiger partial charge in [-0.1, -0.05) is 26.8 Å². The van der Waals surface area contributed by atoms with E-state index in [9.17, 15) is 23.5 Å². The molecule has 1 aromatic heterocycles. The lowest BCUT2D eigenvalue weighted by molar-refractivity contribution is -0.286. The standard InChI is InChI=1S/C28H30F2N2O6.2H2/c1-5-36-24(34)20(33)15-32-19-8-7-18(12-16(19)13-23(32)26(2,3)4)31-25(35)27(10-11-27)17-6-9-21-22(14-17)38-28(29,30)37-21;;/h6-9,12-14,20,33H,5,10-11,15H2,1-4H3,(H,31,35);2*1H/t20-;;/m1../s1. The molecule has 0 unspecified atom stereocenters. The quantitative estimate of drug-likeness (QED) is 0.398. The van der Waals surface area contributed by atoms with E-state index in [1.54, 1.807) is 19.1 Å². The van der Waals surface area contributed by atoms with Crippen molar-refractivity contribution >= 4 is 28.5 Å². The number of halogens is 2. The number of hydrogen-bond donors (Lipinski definition) is 2. The van der Waals surface area contributed by atoms with Crippen LogP contribution in [0.5, 0.6) is 11.5 Å². The van der Waals surface area contributed by atoms with Crippen LogP contribution >= 0.6 is 0 Å². The van der Waals surface area contributed by atoms with E-state index in [0.29, 0.717) is 24.1 Å². The van der Waals surface area contributed by atoms with Crippen LogP contribution in [0.15, 0.2) is 42.5 Å². The molecule has 1 aliphatic carbocycles. The zero-order valence-corrected chi connectivity index (χ0v) is 21.6.